The van der Waals surface area contributed by atoms with Crippen molar-refractivity contribution in [3.8, 4) is 5.75 Å². The molecule has 0 aliphatic carbocycles. The molecule has 0 radical (unpaired) electrons. The molecule has 172 valence electrons. The molecule has 4 aromatic rings. The van der Waals surface area contributed by atoms with Crippen molar-refractivity contribution < 1.29 is 17.9 Å². The van der Waals surface area contributed by atoms with Crippen LogP contribution in [0.2, 0.25) is 0 Å². The lowest BCUT2D eigenvalue weighted by Crippen LogP contribution is -2.19. The zero-order chi connectivity index (χ0) is 24.0. The lowest BCUT2D eigenvalue weighted by Gasteiger charge is -2.18. The lowest BCUT2D eigenvalue weighted by molar-refractivity contribution is 0.102. The van der Waals surface area contributed by atoms with Gasteiger partial charge in [-0.05, 0) is 42.0 Å². The summed E-state index contributed by atoms with van der Waals surface area (Å²) < 4.78 is 30.0. The fraction of sp³-hybridized carbons (Fsp3) is 0.0385. The molecule has 0 heterocycles. The van der Waals surface area contributed by atoms with Gasteiger partial charge in [-0.3, -0.25) is 4.79 Å². The molecular weight excluding hydrogens is 450 g/mol. The lowest BCUT2D eigenvalue weighted by atomic mass is 10.1. The minimum atomic E-state index is -4.02. The molecule has 7 nitrogen and oxygen atoms in total. The first-order valence-electron chi connectivity index (χ1n) is 10.5. The minimum Gasteiger partial charge on any atom is -0.487 e. The van der Waals surface area contributed by atoms with E-state index in [4.69, 9.17) is 9.88 Å². The maximum atomic E-state index is 13.3. The van der Waals surface area contributed by atoms with Gasteiger partial charge < -0.3 is 15.4 Å². The highest BCUT2D eigenvalue weighted by molar-refractivity contribution is 7.89. The normalized spacial score (nSPS) is 11.0. The Morgan fingerprint density at radius 2 is 1.44 bits per heavy atom. The van der Waals surface area contributed by atoms with Crippen molar-refractivity contribution in [3.05, 3.63) is 114 Å². The van der Waals surface area contributed by atoms with Gasteiger partial charge in [0, 0.05) is 5.69 Å². The summed E-state index contributed by atoms with van der Waals surface area (Å²) in [7, 11) is -4.02. The van der Waals surface area contributed by atoms with E-state index in [1.165, 1.54) is 18.2 Å². The summed E-state index contributed by atoms with van der Waals surface area (Å²) in [5, 5.41) is 11.2. The molecular formula is C26H23N3O4S. The average molecular weight is 474 g/mol. The number of ether oxygens (including phenoxy) is 1. The number of carbonyl (C=O) groups excluding carboxylic acids is 1. The number of nitrogens with two attached hydrogens (primary N) is 1. The van der Waals surface area contributed by atoms with Crippen LogP contribution >= 0.6 is 0 Å². The summed E-state index contributed by atoms with van der Waals surface area (Å²) in [4.78, 5) is 13.1. The highest BCUT2D eigenvalue weighted by atomic mass is 32.2. The highest BCUT2D eigenvalue weighted by Crippen LogP contribution is 2.33. The fourth-order valence-corrected chi connectivity index (χ4v) is 4.07. The molecule has 8 heteroatoms. The van der Waals surface area contributed by atoms with Crippen LogP contribution in [0.15, 0.2) is 108 Å². The quantitative estimate of drug-likeness (QED) is 0.337. The second-order valence-corrected chi connectivity index (χ2v) is 8.97. The standard InChI is InChI=1S/C26H23N3O4S/c27-34(31,32)24-17-8-7-15-22(24)29-26(30)21-14-9-16-23(33-18-19-10-3-1-4-11-19)25(21)28-20-12-5-2-6-13-20/h1-17,28H,18H2,(H,29,30)(H2,27,31,32). The molecule has 4 rings (SSSR count). The van der Waals surface area contributed by atoms with Crippen LogP contribution in [-0.4, -0.2) is 14.3 Å². The Morgan fingerprint density at radius 1 is 0.794 bits per heavy atom. The maximum absolute atomic E-state index is 13.3. The molecule has 0 fully saturated rings. The Hall–Kier alpha value is -4.14. The first-order valence-corrected chi connectivity index (χ1v) is 12.0. The van der Waals surface area contributed by atoms with Gasteiger partial charge >= 0.3 is 0 Å². The third kappa shape index (κ3) is 5.61. The predicted molar refractivity (Wildman–Crippen MR) is 133 cm³/mol. The summed E-state index contributed by atoms with van der Waals surface area (Å²) in [6, 6.07) is 30.1. The second-order valence-electron chi connectivity index (χ2n) is 7.44. The fourth-order valence-electron chi connectivity index (χ4n) is 3.38. The van der Waals surface area contributed by atoms with Gasteiger partial charge in [0.25, 0.3) is 5.91 Å². The number of nitrogens with one attached hydrogen (secondary N) is 2. The predicted octanol–water partition coefficient (Wildman–Crippen LogP) is 4.91. The molecule has 0 aliphatic rings. The van der Waals surface area contributed by atoms with Gasteiger partial charge in [-0.2, -0.15) is 0 Å². The van der Waals surface area contributed by atoms with Crippen LogP contribution < -0.4 is 20.5 Å². The second kappa shape index (κ2) is 10.2. The van der Waals surface area contributed by atoms with Gasteiger partial charge in [0.1, 0.15) is 17.3 Å². The van der Waals surface area contributed by atoms with Crippen LogP contribution in [-0.2, 0) is 16.6 Å². The van der Waals surface area contributed by atoms with E-state index in [9.17, 15) is 13.2 Å². The number of primary sulfonamides is 1. The van der Waals surface area contributed by atoms with Crippen molar-refractivity contribution in [1.82, 2.24) is 0 Å². The number of hydrogen-bond acceptors (Lipinski definition) is 5. The van der Waals surface area contributed by atoms with Crippen molar-refractivity contribution >= 4 is 33.0 Å². The van der Waals surface area contributed by atoms with Crippen LogP contribution in [0, 0.1) is 0 Å². The summed E-state index contributed by atoms with van der Waals surface area (Å²) >= 11 is 0. The monoisotopic (exact) mass is 473 g/mol. The number of para-hydroxylation sites is 3. The zero-order valence-electron chi connectivity index (χ0n) is 18.1. The van der Waals surface area contributed by atoms with Crippen LogP contribution in [0.5, 0.6) is 5.75 Å². The molecule has 0 spiro atoms. The average Bonchev–Trinajstić information content (AvgIpc) is 2.84. The number of benzene rings is 4. The van der Waals surface area contributed by atoms with Crippen LogP contribution in [0.3, 0.4) is 0 Å². The van der Waals surface area contributed by atoms with E-state index in [1.807, 2.05) is 60.7 Å². The molecule has 0 unspecified atom stereocenters. The van der Waals surface area contributed by atoms with Gasteiger partial charge in [0.15, 0.2) is 0 Å². The number of carbonyl (C=O) groups is 1. The molecule has 4 aromatic carbocycles. The van der Waals surface area contributed by atoms with E-state index >= 15 is 0 Å². The van der Waals surface area contributed by atoms with E-state index in [2.05, 4.69) is 10.6 Å². The van der Waals surface area contributed by atoms with E-state index in [-0.39, 0.29) is 16.1 Å². The number of amides is 1. The van der Waals surface area contributed by atoms with E-state index in [1.54, 1.807) is 24.3 Å². The van der Waals surface area contributed by atoms with Crippen LogP contribution in [0.1, 0.15) is 15.9 Å². The first kappa shape index (κ1) is 23.0. The van der Waals surface area contributed by atoms with Crippen LogP contribution in [0.4, 0.5) is 17.1 Å². The molecule has 1 amide bonds. The van der Waals surface area contributed by atoms with Crippen molar-refractivity contribution in [2.24, 2.45) is 5.14 Å². The van der Waals surface area contributed by atoms with E-state index < -0.39 is 15.9 Å². The molecule has 34 heavy (non-hydrogen) atoms. The van der Waals surface area contributed by atoms with Crippen molar-refractivity contribution in [2.45, 2.75) is 11.5 Å². The molecule has 0 saturated heterocycles. The third-order valence-corrected chi connectivity index (χ3v) is 5.96. The Kier molecular flexibility index (Phi) is 6.91. The smallest absolute Gasteiger partial charge is 0.257 e. The number of anilines is 3. The van der Waals surface area contributed by atoms with Gasteiger partial charge in [-0.25, -0.2) is 13.6 Å². The summed E-state index contributed by atoms with van der Waals surface area (Å²) in [6.45, 7) is 0.309. The van der Waals surface area contributed by atoms with Gasteiger partial charge in [0.2, 0.25) is 10.0 Å². The third-order valence-electron chi connectivity index (χ3n) is 4.99. The molecule has 0 aromatic heterocycles. The zero-order valence-corrected chi connectivity index (χ0v) is 19.0. The molecule has 0 bridgehead atoms. The minimum absolute atomic E-state index is 0.0938. The van der Waals surface area contributed by atoms with Gasteiger partial charge in [0.05, 0.1) is 16.9 Å². The Labute approximate surface area is 198 Å². The number of sulfonamides is 1. The van der Waals surface area contributed by atoms with Crippen LogP contribution in [0.25, 0.3) is 0 Å². The summed E-state index contributed by atoms with van der Waals surface area (Å²) in [5.41, 5.74) is 2.56. The topological polar surface area (TPSA) is 111 Å². The largest absolute Gasteiger partial charge is 0.487 e. The van der Waals surface area contributed by atoms with Crippen molar-refractivity contribution in [3.63, 3.8) is 0 Å². The van der Waals surface area contributed by atoms with Gasteiger partial charge in [-0.1, -0.05) is 66.7 Å². The maximum Gasteiger partial charge on any atom is 0.257 e. The Bertz CT molecular complexity index is 1390. The van der Waals surface area contributed by atoms with Crippen molar-refractivity contribution in [2.75, 3.05) is 10.6 Å². The van der Waals surface area contributed by atoms with Gasteiger partial charge in [-0.15, -0.1) is 0 Å². The SMILES string of the molecule is NS(=O)(=O)c1ccccc1NC(=O)c1cccc(OCc2ccccc2)c1Nc1ccccc1. The summed E-state index contributed by atoms with van der Waals surface area (Å²) in [5.74, 6) is -0.0419. The number of hydrogen-bond donors (Lipinski definition) is 3. The molecule has 0 atom stereocenters. The van der Waals surface area contributed by atoms with E-state index in [0.29, 0.717) is 18.0 Å². The number of rotatable bonds is 8. The van der Waals surface area contributed by atoms with E-state index in [0.717, 1.165) is 11.3 Å². The summed E-state index contributed by atoms with van der Waals surface area (Å²) in [6.07, 6.45) is 0. The van der Waals surface area contributed by atoms with Crippen molar-refractivity contribution in [1.29, 1.82) is 0 Å². The molecule has 0 aliphatic heterocycles. The molecule has 0 saturated carbocycles. The first-order chi connectivity index (χ1) is 16.4. The highest BCUT2D eigenvalue weighted by Gasteiger charge is 2.20. The Balaban J connectivity index is 1.69. The Morgan fingerprint density at radius 3 is 2.15 bits per heavy atom. The molecule has 4 N–H and O–H groups in total.